The Morgan fingerprint density at radius 2 is 1.62 bits per heavy atom. The fourth-order valence-electron chi connectivity index (χ4n) is 6.37. The summed E-state index contributed by atoms with van der Waals surface area (Å²) in [6.07, 6.45) is 4.41. The zero-order valence-corrected chi connectivity index (χ0v) is 26.4. The summed E-state index contributed by atoms with van der Waals surface area (Å²) in [5.41, 5.74) is 2.62. The molecule has 1 aromatic heterocycles. The van der Waals surface area contributed by atoms with Crippen LogP contribution in [0.4, 0.5) is 24.7 Å². The lowest BCUT2D eigenvalue weighted by Crippen LogP contribution is -2.32. The number of benzene rings is 3. The molecule has 2 aliphatic rings. The van der Waals surface area contributed by atoms with E-state index in [1.165, 1.54) is 31.2 Å². The van der Waals surface area contributed by atoms with Gasteiger partial charge in [-0.25, -0.2) is 30.9 Å². The highest BCUT2D eigenvalue weighted by Gasteiger charge is 2.40. The molecule has 8 nitrogen and oxygen atoms in total. The summed E-state index contributed by atoms with van der Waals surface area (Å²) in [7, 11) is -1.77. The van der Waals surface area contributed by atoms with E-state index < -0.39 is 32.4 Å². The first-order chi connectivity index (χ1) is 21.7. The number of ether oxygens (including phenoxy) is 2. The lowest BCUT2D eigenvalue weighted by molar-refractivity contribution is 0.238. The maximum absolute atomic E-state index is 16.1. The molecule has 3 aromatic carbocycles. The van der Waals surface area contributed by atoms with Gasteiger partial charge in [0.15, 0.2) is 16.5 Å². The van der Waals surface area contributed by atoms with Crippen LogP contribution < -0.4 is 19.1 Å². The number of sulfonamides is 1. The molecular formula is C32H33F3N4O4S2. The van der Waals surface area contributed by atoms with Crippen LogP contribution in [0.2, 0.25) is 0 Å². The lowest BCUT2D eigenvalue weighted by atomic mass is 10.0. The molecule has 0 atom stereocenters. The lowest BCUT2D eigenvalue weighted by Gasteiger charge is -2.25. The Kier molecular flexibility index (Phi) is 8.94. The van der Waals surface area contributed by atoms with Gasteiger partial charge >= 0.3 is 0 Å². The van der Waals surface area contributed by atoms with Crippen LogP contribution in [0.1, 0.15) is 42.4 Å². The summed E-state index contributed by atoms with van der Waals surface area (Å²) >= 11 is 1.15. The van der Waals surface area contributed by atoms with Gasteiger partial charge in [0, 0.05) is 41.7 Å². The third-order valence-corrected chi connectivity index (χ3v) is 11.1. The first-order valence-corrected chi connectivity index (χ1v) is 16.9. The number of halogens is 3. The maximum Gasteiger partial charge on any atom is 0.271 e. The van der Waals surface area contributed by atoms with Gasteiger partial charge < -0.3 is 14.8 Å². The third-order valence-electron chi connectivity index (χ3n) is 8.71. The molecule has 3 heterocycles. The van der Waals surface area contributed by atoms with Crippen molar-refractivity contribution in [3.8, 4) is 11.5 Å². The Balaban J connectivity index is 1.31. The van der Waals surface area contributed by atoms with Crippen molar-refractivity contribution in [2.75, 3.05) is 23.8 Å². The Morgan fingerprint density at radius 1 is 0.933 bits per heavy atom. The molecule has 0 amide bonds. The molecule has 13 heteroatoms. The van der Waals surface area contributed by atoms with Gasteiger partial charge in [-0.1, -0.05) is 12.1 Å². The van der Waals surface area contributed by atoms with Gasteiger partial charge in [0.05, 0.1) is 32.0 Å². The van der Waals surface area contributed by atoms with Crippen molar-refractivity contribution in [1.29, 1.82) is 0 Å². The van der Waals surface area contributed by atoms with E-state index in [9.17, 15) is 8.42 Å². The third kappa shape index (κ3) is 6.08. The fraction of sp³-hybridized carbons (Fsp3) is 0.344. The van der Waals surface area contributed by atoms with Crippen LogP contribution in [-0.2, 0) is 29.7 Å². The molecule has 0 aliphatic carbocycles. The largest absolute Gasteiger partial charge is 0.497 e. The maximum atomic E-state index is 16.1. The Bertz CT molecular complexity index is 1750. The topological polar surface area (TPSA) is 84.0 Å². The summed E-state index contributed by atoms with van der Waals surface area (Å²) in [6.45, 7) is 0.0709. The molecule has 6 rings (SSSR count). The van der Waals surface area contributed by atoms with Crippen molar-refractivity contribution >= 4 is 32.9 Å². The van der Waals surface area contributed by atoms with Crippen molar-refractivity contribution in [2.45, 2.75) is 62.3 Å². The first-order valence-electron chi connectivity index (χ1n) is 14.6. The number of methoxy groups -OCH3 is 2. The number of hydrogen-bond donors (Lipinski definition) is 1. The van der Waals surface area contributed by atoms with Crippen LogP contribution in [0, 0.1) is 17.5 Å². The minimum Gasteiger partial charge on any atom is -0.497 e. The monoisotopic (exact) mass is 658 g/mol. The average molecular weight is 659 g/mol. The van der Waals surface area contributed by atoms with Gasteiger partial charge in [-0.05, 0) is 67.6 Å². The summed E-state index contributed by atoms with van der Waals surface area (Å²) in [5.74, 6) is -1.97. The quantitative estimate of drug-likeness (QED) is 0.181. The van der Waals surface area contributed by atoms with Gasteiger partial charge in [-0.2, -0.15) is 0 Å². The number of nitrogens with one attached hydrogen (secondary N) is 1. The molecule has 0 radical (unpaired) electrons. The molecule has 2 saturated heterocycles. The minimum absolute atomic E-state index is 0.0203. The molecular weight excluding hydrogens is 626 g/mol. The highest BCUT2D eigenvalue weighted by atomic mass is 32.2. The van der Waals surface area contributed by atoms with Crippen molar-refractivity contribution in [2.24, 2.45) is 0 Å². The number of anilines is 2. The van der Waals surface area contributed by atoms with E-state index >= 15 is 13.2 Å². The molecule has 0 spiro atoms. The fourth-order valence-corrected chi connectivity index (χ4v) is 8.52. The van der Waals surface area contributed by atoms with Gasteiger partial charge in [-0.3, -0.25) is 4.90 Å². The Morgan fingerprint density at radius 3 is 2.24 bits per heavy atom. The van der Waals surface area contributed by atoms with Crippen LogP contribution in [0.5, 0.6) is 11.5 Å². The normalized spacial score (nSPS) is 17.9. The van der Waals surface area contributed by atoms with Gasteiger partial charge in [0.2, 0.25) is 0 Å². The summed E-state index contributed by atoms with van der Waals surface area (Å²) in [6, 6.07) is 12.4. The van der Waals surface area contributed by atoms with E-state index in [1.54, 1.807) is 30.3 Å². The van der Waals surface area contributed by atoms with Crippen LogP contribution >= 0.6 is 11.3 Å². The van der Waals surface area contributed by atoms with Crippen molar-refractivity contribution in [1.82, 2.24) is 9.88 Å². The second-order valence-corrected chi connectivity index (χ2v) is 13.7. The van der Waals surface area contributed by atoms with E-state index in [1.807, 2.05) is 0 Å². The molecule has 238 valence electrons. The molecule has 4 aromatic rings. The number of fused-ring (bicyclic) bond motifs is 2. The predicted molar refractivity (Wildman–Crippen MR) is 167 cm³/mol. The number of hydrogen-bond acceptors (Lipinski definition) is 8. The second kappa shape index (κ2) is 12.9. The Hall–Kier alpha value is -3.81. The highest BCUT2D eigenvalue weighted by Crippen LogP contribution is 2.40. The number of aromatic nitrogens is 1. The average Bonchev–Trinajstić information content (AvgIpc) is 3.79. The van der Waals surface area contributed by atoms with Crippen LogP contribution in [0.3, 0.4) is 0 Å². The summed E-state index contributed by atoms with van der Waals surface area (Å²) in [4.78, 5) is 5.36. The van der Waals surface area contributed by atoms with E-state index in [-0.39, 0.29) is 30.2 Å². The molecule has 2 fully saturated rings. The number of rotatable bonds is 12. The second-order valence-electron chi connectivity index (χ2n) is 11.1. The number of thiazole rings is 1. The van der Waals surface area contributed by atoms with Crippen molar-refractivity contribution < 1.29 is 31.1 Å². The van der Waals surface area contributed by atoms with E-state index in [0.717, 1.165) is 53.5 Å². The van der Waals surface area contributed by atoms with Crippen molar-refractivity contribution in [3.05, 3.63) is 93.6 Å². The zero-order valence-electron chi connectivity index (χ0n) is 24.8. The van der Waals surface area contributed by atoms with E-state index in [2.05, 4.69) is 15.2 Å². The molecule has 45 heavy (non-hydrogen) atoms. The van der Waals surface area contributed by atoms with E-state index in [4.69, 9.17) is 9.47 Å². The SMILES string of the molecule is COc1ccc(CN(c2cscn2)S(=O)(=O)c2c(F)ccc(NCc3c(F)ccc(OC)c3CN3C4CCC3CC4)c2F)cc1. The van der Waals surface area contributed by atoms with Gasteiger partial charge in [-0.15, -0.1) is 11.3 Å². The first kappa shape index (κ1) is 31.2. The van der Waals surface area contributed by atoms with Gasteiger partial charge in [0.25, 0.3) is 10.0 Å². The highest BCUT2D eigenvalue weighted by molar-refractivity contribution is 7.92. The molecule has 0 saturated carbocycles. The molecule has 2 aliphatic heterocycles. The molecule has 0 unspecified atom stereocenters. The summed E-state index contributed by atoms with van der Waals surface area (Å²) in [5, 5.41) is 4.32. The smallest absolute Gasteiger partial charge is 0.271 e. The Labute approximate surface area is 264 Å². The summed E-state index contributed by atoms with van der Waals surface area (Å²) < 4.78 is 86.2. The van der Waals surface area contributed by atoms with Crippen molar-refractivity contribution in [3.63, 3.8) is 0 Å². The molecule has 2 bridgehead atoms. The minimum atomic E-state index is -4.80. The van der Waals surface area contributed by atoms with E-state index in [0.29, 0.717) is 41.3 Å². The standard InChI is InChI=1S/C32H33F3N4O4S2/c1-42-23-9-3-20(4-10-23)16-39(30-18-44-19-37-30)45(40,41)32-27(34)11-13-28(31(32)35)36-15-24-25(29(43-2)14-12-26(24)33)17-38-21-5-6-22(38)8-7-21/h3-4,9-14,18-19,21-22,36H,5-8,15-17H2,1-2H3. The van der Waals surface area contributed by atoms with Crippen LogP contribution in [-0.4, -0.2) is 44.6 Å². The van der Waals surface area contributed by atoms with Gasteiger partial charge in [0.1, 0.15) is 23.1 Å². The van der Waals surface area contributed by atoms with Crippen LogP contribution in [0.25, 0.3) is 0 Å². The van der Waals surface area contributed by atoms with Crippen LogP contribution in [0.15, 0.2) is 64.3 Å². The molecule has 1 N–H and O–H groups in total. The predicted octanol–water partition coefficient (Wildman–Crippen LogP) is 6.71. The number of nitrogens with zero attached hydrogens (tertiary/aromatic N) is 3. The zero-order chi connectivity index (χ0) is 31.7.